The van der Waals surface area contributed by atoms with Gasteiger partial charge in [-0.1, -0.05) is 12.1 Å². The highest BCUT2D eigenvalue weighted by atomic mass is 19.3. The number of halogens is 3. The molecule has 1 aromatic carbocycles. The number of alkyl halides is 2. The van der Waals surface area contributed by atoms with Crippen LogP contribution in [0.2, 0.25) is 0 Å². The fourth-order valence-corrected chi connectivity index (χ4v) is 3.28. The second-order valence-electron chi connectivity index (χ2n) is 7.32. The molecular weight excluding hydrogens is 411 g/mol. The molecule has 1 aliphatic rings. The SMILES string of the molecule is O=C(Nc1ncn(Cc2ccc(F)cc2)n1)c1cnn2c(C(F)F)cc(C3CC3)nc12. The second kappa shape index (κ2) is 7.49. The lowest BCUT2D eigenvalue weighted by Crippen LogP contribution is -2.14. The van der Waals surface area contributed by atoms with Gasteiger partial charge in [0, 0.05) is 11.6 Å². The van der Waals surface area contributed by atoms with Gasteiger partial charge in [0.15, 0.2) is 5.65 Å². The summed E-state index contributed by atoms with van der Waals surface area (Å²) in [4.78, 5) is 21.2. The fourth-order valence-electron chi connectivity index (χ4n) is 3.28. The monoisotopic (exact) mass is 427 g/mol. The van der Waals surface area contributed by atoms with Crippen LogP contribution in [0.3, 0.4) is 0 Å². The van der Waals surface area contributed by atoms with Crippen LogP contribution in [0.4, 0.5) is 19.1 Å². The highest BCUT2D eigenvalue weighted by Gasteiger charge is 2.29. The maximum atomic E-state index is 13.5. The third kappa shape index (κ3) is 3.86. The summed E-state index contributed by atoms with van der Waals surface area (Å²) in [5.41, 5.74) is 1.18. The summed E-state index contributed by atoms with van der Waals surface area (Å²) >= 11 is 0. The minimum absolute atomic E-state index is 0.0406. The Balaban J connectivity index is 1.38. The van der Waals surface area contributed by atoms with Crippen molar-refractivity contribution < 1.29 is 18.0 Å². The molecule has 0 radical (unpaired) electrons. The van der Waals surface area contributed by atoms with E-state index in [1.54, 1.807) is 12.1 Å². The molecule has 1 N–H and O–H groups in total. The van der Waals surface area contributed by atoms with Gasteiger partial charge < -0.3 is 0 Å². The number of fused-ring (bicyclic) bond motifs is 1. The van der Waals surface area contributed by atoms with Crippen LogP contribution in [0.15, 0.2) is 42.9 Å². The third-order valence-corrected chi connectivity index (χ3v) is 5.00. The van der Waals surface area contributed by atoms with Crippen molar-refractivity contribution in [3.63, 3.8) is 0 Å². The van der Waals surface area contributed by atoms with Crippen LogP contribution in [0.25, 0.3) is 5.65 Å². The van der Waals surface area contributed by atoms with E-state index in [0.717, 1.165) is 22.9 Å². The minimum atomic E-state index is -2.75. The summed E-state index contributed by atoms with van der Waals surface area (Å²) in [6.45, 7) is 0.337. The number of anilines is 1. The van der Waals surface area contributed by atoms with E-state index in [1.165, 1.54) is 35.4 Å². The van der Waals surface area contributed by atoms with E-state index >= 15 is 0 Å². The summed E-state index contributed by atoms with van der Waals surface area (Å²) in [7, 11) is 0. The minimum Gasteiger partial charge on any atom is -0.289 e. The Hall–Kier alpha value is -3.76. The van der Waals surface area contributed by atoms with Crippen molar-refractivity contribution in [2.75, 3.05) is 5.32 Å². The van der Waals surface area contributed by atoms with Crippen molar-refractivity contribution in [3.05, 3.63) is 71.2 Å². The van der Waals surface area contributed by atoms with Gasteiger partial charge in [-0.2, -0.15) is 5.10 Å². The number of hydrogen-bond acceptors (Lipinski definition) is 5. The number of hydrogen-bond donors (Lipinski definition) is 1. The summed E-state index contributed by atoms with van der Waals surface area (Å²) in [5.74, 6) is -0.761. The maximum Gasteiger partial charge on any atom is 0.280 e. The molecule has 1 saturated carbocycles. The van der Waals surface area contributed by atoms with Crippen LogP contribution in [-0.4, -0.2) is 35.3 Å². The molecule has 0 aliphatic heterocycles. The second-order valence-corrected chi connectivity index (χ2v) is 7.32. The predicted molar refractivity (Wildman–Crippen MR) is 103 cm³/mol. The van der Waals surface area contributed by atoms with Crippen LogP contribution in [0, 0.1) is 5.82 Å². The third-order valence-electron chi connectivity index (χ3n) is 5.00. The first-order chi connectivity index (χ1) is 15.0. The largest absolute Gasteiger partial charge is 0.289 e. The number of carbonyl (C=O) groups is 1. The van der Waals surface area contributed by atoms with Crippen molar-refractivity contribution in [2.24, 2.45) is 0 Å². The molecule has 11 heteroatoms. The van der Waals surface area contributed by atoms with Crippen molar-refractivity contribution >= 4 is 17.5 Å². The summed E-state index contributed by atoms with van der Waals surface area (Å²) in [6, 6.07) is 7.28. The Morgan fingerprint density at radius 3 is 2.71 bits per heavy atom. The van der Waals surface area contributed by atoms with E-state index < -0.39 is 12.3 Å². The number of nitrogens with one attached hydrogen (secondary N) is 1. The molecule has 31 heavy (non-hydrogen) atoms. The van der Waals surface area contributed by atoms with Crippen LogP contribution in [0.5, 0.6) is 0 Å². The molecule has 0 bridgehead atoms. The molecule has 8 nitrogen and oxygen atoms in total. The average Bonchev–Trinajstić information content (AvgIpc) is 3.37. The Bertz CT molecular complexity index is 1260. The van der Waals surface area contributed by atoms with Gasteiger partial charge in [0.05, 0.1) is 12.7 Å². The predicted octanol–water partition coefficient (Wildman–Crippen LogP) is 3.58. The first-order valence-electron chi connectivity index (χ1n) is 9.60. The lowest BCUT2D eigenvalue weighted by Gasteiger charge is -2.07. The van der Waals surface area contributed by atoms with E-state index in [4.69, 9.17) is 0 Å². The Labute approximate surface area is 173 Å². The molecule has 1 aliphatic carbocycles. The zero-order valence-electron chi connectivity index (χ0n) is 16.0. The summed E-state index contributed by atoms with van der Waals surface area (Å²) in [6.07, 6.45) is 1.65. The van der Waals surface area contributed by atoms with Gasteiger partial charge in [0.1, 0.15) is 23.4 Å². The number of nitrogens with zero attached hydrogens (tertiary/aromatic N) is 6. The number of carbonyl (C=O) groups excluding carboxylic acids is 1. The van der Waals surface area contributed by atoms with E-state index in [1.807, 2.05) is 0 Å². The first-order valence-corrected chi connectivity index (χ1v) is 9.60. The van der Waals surface area contributed by atoms with E-state index in [2.05, 4.69) is 25.5 Å². The molecule has 0 saturated heterocycles. The molecular formula is C20H16F3N7O. The quantitative estimate of drug-likeness (QED) is 0.508. The van der Waals surface area contributed by atoms with Crippen LogP contribution < -0.4 is 5.32 Å². The Morgan fingerprint density at radius 1 is 1.23 bits per heavy atom. The molecule has 0 spiro atoms. The topological polar surface area (TPSA) is 90.0 Å². The lowest BCUT2D eigenvalue weighted by molar-refractivity contribution is 0.102. The fraction of sp³-hybridized carbons (Fsp3) is 0.250. The molecule has 0 atom stereocenters. The molecule has 5 rings (SSSR count). The van der Waals surface area contributed by atoms with Crippen LogP contribution in [-0.2, 0) is 6.54 Å². The van der Waals surface area contributed by atoms with E-state index in [0.29, 0.717) is 12.2 Å². The van der Waals surface area contributed by atoms with Crippen molar-refractivity contribution in [1.29, 1.82) is 0 Å². The van der Waals surface area contributed by atoms with Crippen molar-refractivity contribution in [1.82, 2.24) is 29.4 Å². The van der Waals surface area contributed by atoms with Gasteiger partial charge in [0.2, 0.25) is 5.95 Å². The summed E-state index contributed by atoms with van der Waals surface area (Å²) < 4.78 is 42.5. The lowest BCUT2D eigenvalue weighted by atomic mass is 10.2. The van der Waals surface area contributed by atoms with Crippen molar-refractivity contribution in [2.45, 2.75) is 31.7 Å². The molecule has 1 amide bonds. The standard InChI is InChI=1S/C20H16F3N7O/c21-13-5-1-11(2-6-13)9-29-10-24-20(28-29)27-19(31)14-8-25-30-16(17(22)23)7-15(12-3-4-12)26-18(14)30/h1-2,5-8,10,12,17H,3-4,9H2,(H,27,28,31). The van der Waals surface area contributed by atoms with Crippen molar-refractivity contribution in [3.8, 4) is 0 Å². The molecule has 1 fully saturated rings. The van der Waals surface area contributed by atoms with Gasteiger partial charge in [-0.3, -0.25) is 10.1 Å². The van der Waals surface area contributed by atoms with Gasteiger partial charge in [-0.15, -0.1) is 5.10 Å². The smallest absolute Gasteiger partial charge is 0.280 e. The molecule has 158 valence electrons. The van der Waals surface area contributed by atoms with E-state index in [9.17, 15) is 18.0 Å². The Kier molecular flexibility index (Phi) is 4.64. The molecule has 0 unspecified atom stereocenters. The van der Waals surface area contributed by atoms with Crippen LogP contribution >= 0.6 is 0 Å². The number of rotatable bonds is 6. The normalized spacial score (nSPS) is 13.8. The zero-order chi connectivity index (χ0) is 21.5. The van der Waals surface area contributed by atoms with Gasteiger partial charge in [-0.05, 0) is 36.6 Å². The maximum absolute atomic E-state index is 13.5. The highest BCUT2D eigenvalue weighted by molar-refractivity contribution is 6.07. The van der Waals surface area contributed by atoms with Crippen LogP contribution in [0.1, 0.15) is 52.5 Å². The van der Waals surface area contributed by atoms with Gasteiger partial charge in [-0.25, -0.2) is 32.3 Å². The molecule has 3 heterocycles. The van der Waals surface area contributed by atoms with Gasteiger partial charge >= 0.3 is 0 Å². The number of aromatic nitrogens is 6. The highest BCUT2D eigenvalue weighted by Crippen LogP contribution is 2.40. The molecule has 3 aromatic heterocycles. The number of amides is 1. The first kappa shape index (κ1) is 19.2. The summed E-state index contributed by atoms with van der Waals surface area (Å²) in [5, 5.41) is 10.6. The number of benzene rings is 1. The zero-order valence-corrected chi connectivity index (χ0v) is 16.0. The van der Waals surface area contributed by atoms with Gasteiger partial charge in [0.25, 0.3) is 12.3 Å². The molecule has 4 aromatic rings. The Morgan fingerprint density at radius 2 is 2.00 bits per heavy atom. The van der Waals surface area contributed by atoms with E-state index in [-0.39, 0.29) is 34.6 Å². The average molecular weight is 427 g/mol.